The van der Waals surface area contributed by atoms with Crippen LogP contribution in [0.5, 0.6) is 11.5 Å². The molecule has 6 nitrogen and oxygen atoms in total. The molecule has 0 aliphatic rings. The van der Waals surface area contributed by atoms with Gasteiger partial charge in [-0.3, -0.25) is 10.1 Å². The van der Waals surface area contributed by atoms with Crippen LogP contribution in [0.3, 0.4) is 0 Å². The van der Waals surface area contributed by atoms with Crippen LogP contribution in [0.2, 0.25) is 0 Å². The predicted octanol–water partition coefficient (Wildman–Crippen LogP) is 5.06. The molecule has 3 aromatic carbocycles. The van der Waals surface area contributed by atoms with Crippen LogP contribution in [0.25, 0.3) is 11.5 Å². The van der Waals surface area contributed by atoms with E-state index in [0.29, 0.717) is 23.1 Å². The highest BCUT2D eigenvalue weighted by Gasteiger charge is 2.16. The Morgan fingerprint density at radius 3 is 2.34 bits per heavy atom. The maximum atomic E-state index is 13.8. The van der Waals surface area contributed by atoms with Gasteiger partial charge in [0, 0.05) is 11.6 Å². The van der Waals surface area contributed by atoms with Crippen LogP contribution >= 0.6 is 0 Å². The van der Waals surface area contributed by atoms with Crippen LogP contribution < -0.4 is 10.1 Å². The van der Waals surface area contributed by atoms with E-state index in [4.69, 9.17) is 9.15 Å². The molecular weight excluding hydrogens is 380 g/mol. The number of aromatic nitrogens is 2. The van der Waals surface area contributed by atoms with Crippen molar-refractivity contribution in [1.29, 1.82) is 0 Å². The summed E-state index contributed by atoms with van der Waals surface area (Å²) in [4.78, 5) is 12.3. The Hall–Kier alpha value is -4.07. The van der Waals surface area contributed by atoms with Gasteiger partial charge in [0.15, 0.2) is 0 Å². The SMILES string of the molecule is O=C(Nc1nnc(-c2ccc(F)cc2F)o1)c1ccc(Oc2ccccc2)cc1. The van der Waals surface area contributed by atoms with E-state index in [0.717, 1.165) is 6.07 Å². The lowest BCUT2D eigenvalue weighted by molar-refractivity contribution is 0.102. The van der Waals surface area contributed by atoms with Gasteiger partial charge in [0.1, 0.15) is 23.1 Å². The number of nitrogens with one attached hydrogen (secondary N) is 1. The maximum Gasteiger partial charge on any atom is 0.322 e. The molecule has 0 radical (unpaired) electrons. The topological polar surface area (TPSA) is 77.3 Å². The standard InChI is InChI=1S/C21H13F2N3O3/c22-14-8-11-17(18(23)12-14)20-25-26-21(29-20)24-19(27)13-6-9-16(10-7-13)28-15-4-2-1-3-5-15/h1-12H,(H,24,26,27). The summed E-state index contributed by atoms with van der Waals surface area (Å²) in [6.45, 7) is 0. The molecule has 4 rings (SSSR count). The van der Waals surface area contributed by atoms with Crippen LogP contribution in [-0.2, 0) is 0 Å². The van der Waals surface area contributed by atoms with E-state index in [1.54, 1.807) is 24.3 Å². The number of nitrogens with zero attached hydrogens (tertiary/aromatic N) is 2. The first-order valence-electron chi connectivity index (χ1n) is 8.52. The van der Waals surface area contributed by atoms with E-state index in [1.165, 1.54) is 6.07 Å². The van der Waals surface area contributed by atoms with E-state index in [1.807, 2.05) is 30.3 Å². The minimum atomic E-state index is -0.847. The van der Waals surface area contributed by atoms with Crippen molar-refractivity contribution in [3.63, 3.8) is 0 Å². The molecule has 0 saturated heterocycles. The number of para-hydroxylation sites is 1. The summed E-state index contributed by atoms with van der Waals surface area (Å²) in [6.07, 6.45) is 0. The largest absolute Gasteiger partial charge is 0.457 e. The zero-order valence-electron chi connectivity index (χ0n) is 14.8. The van der Waals surface area contributed by atoms with Crippen molar-refractivity contribution < 1.29 is 22.7 Å². The molecular formula is C21H13F2N3O3. The molecule has 1 heterocycles. The third-order valence-corrected chi connectivity index (χ3v) is 3.90. The average molecular weight is 393 g/mol. The van der Waals surface area contributed by atoms with E-state index in [-0.39, 0.29) is 17.5 Å². The van der Waals surface area contributed by atoms with Gasteiger partial charge in [0.2, 0.25) is 0 Å². The summed E-state index contributed by atoms with van der Waals surface area (Å²) < 4.78 is 37.7. The first-order valence-corrected chi connectivity index (χ1v) is 8.52. The number of carbonyl (C=O) groups is 1. The minimum Gasteiger partial charge on any atom is -0.457 e. The smallest absolute Gasteiger partial charge is 0.322 e. The van der Waals surface area contributed by atoms with Crippen molar-refractivity contribution in [3.8, 4) is 23.0 Å². The molecule has 0 bridgehead atoms. The fourth-order valence-electron chi connectivity index (χ4n) is 2.51. The van der Waals surface area contributed by atoms with Gasteiger partial charge in [-0.05, 0) is 48.5 Å². The van der Waals surface area contributed by atoms with Gasteiger partial charge in [0.25, 0.3) is 11.8 Å². The molecule has 0 fully saturated rings. The first-order chi connectivity index (χ1) is 14.1. The summed E-state index contributed by atoms with van der Waals surface area (Å²) in [5.41, 5.74) is 0.264. The Morgan fingerprint density at radius 1 is 0.897 bits per heavy atom. The Bertz CT molecular complexity index is 1150. The fraction of sp³-hybridized carbons (Fsp3) is 0. The summed E-state index contributed by atoms with van der Waals surface area (Å²) in [7, 11) is 0. The number of ether oxygens (including phenoxy) is 1. The van der Waals surface area contributed by atoms with Gasteiger partial charge in [0.05, 0.1) is 5.56 Å². The molecule has 0 unspecified atom stereocenters. The summed E-state index contributed by atoms with van der Waals surface area (Å²) in [6, 6.07) is 18.4. The molecule has 4 aromatic rings. The molecule has 29 heavy (non-hydrogen) atoms. The predicted molar refractivity (Wildman–Crippen MR) is 101 cm³/mol. The Morgan fingerprint density at radius 2 is 1.62 bits per heavy atom. The van der Waals surface area contributed by atoms with Crippen molar-refractivity contribution >= 4 is 11.9 Å². The molecule has 0 aliphatic carbocycles. The highest BCUT2D eigenvalue weighted by Crippen LogP contribution is 2.24. The van der Waals surface area contributed by atoms with Gasteiger partial charge in [-0.2, -0.15) is 0 Å². The van der Waals surface area contributed by atoms with Gasteiger partial charge < -0.3 is 9.15 Å². The van der Waals surface area contributed by atoms with E-state index in [2.05, 4.69) is 15.5 Å². The molecule has 1 N–H and O–H groups in total. The number of carbonyl (C=O) groups excluding carboxylic acids is 1. The third kappa shape index (κ3) is 4.27. The van der Waals surface area contributed by atoms with Crippen molar-refractivity contribution in [2.45, 2.75) is 0 Å². The normalized spacial score (nSPS) is 10.6. The van der Waals surface area contributed by atoms with Gasteiger partial charge in [-0.25, -0.2) is 8.78 Å². The van der Waals surface area contributed by atoms with Crippen LogP contribution in [0.1, 0.15) is 10.4 Å². The molecule has 0 spiro atoms. The lowest BCUT2D eigenvalue weighted by Crippen LogP contribution is -2.11. The molecule has 0 atom stereocenters. The van der Waals surface area contributed by atoms with Crippen molar-refractivity contribution in [3.05, 3.63) is 90.0 Å². The quantitative estimate of drug-likeness (QED) is 0.513. The Labute approximate surface area is 163 Å². The van der Waals surface area contributed by atoms with E-state index < -0.39 is 17.5 Å². The highest BCUT2D eigenvalue weighted by molar-refractivity contribution is 6.03. The number of halogens is 2. The number of rotatable bonds is 5. The number of hydrogen-bond acceptors (Lipinski definition) is 5. The van der Waals surface area contributed by atoms with E-state index in [9.17, 15) is 13.6 Å². The fourth-order valence-corrected chi connectivity index (χ4v) is 2.51. The Kier molecular flexibility index (Phi) is 4.98. The molecule has 144 valence electrons. The van der Waals surface area contributed by atoms with Gasteiger partial charge in [-0.1, -0.05) is 23.3 Å². The number of benzene rings is 3. The summed E-state index contributed by atoms with van der Waals surface area (Å²) in [5, 5.41) is 9.76. The minimum absolute atomic E-state index is 0.0678. The van der Waals surface area contributed by atoms with Crippen molar-refractivity contribution in [1.82, 2.24) is 10.2 Å². The lowest BCUT2D eigenvalue weighted by Gasteiger charge is -2.06. The number of amides is 1. The van der Waals surface area contributed by atoms with Crippen LogP contribution in [0.15, 0.2) is 77.2 Å². The van der Waals surface area contributed by atoms with Crippen molar-refractivity contribution in [2.75, 3.05) is 5.32 Å². The van der Waals surface area contributed by atoms with Gasteiger partial charge >= 0.3 is 6.01 Å². The zero-order chi connectivity index (χ0) is 20.2. The molecule has 1 aromatic heterocycles. The molecule has 0 saturated carbocycles. The summed E-state index contributed by atoms with van der Waals surface area (Å²) in [5.74, 6) is -0.995. The third-order valence-electron chi connectivity index (χ3n) is 3.90. The monoisotopic (exact) mass is 393 g/mol. The molecule has 8 heteroatoms. The average Bonchev–Trinajstić information content (AvgIpc) is 3.17. The molecule has 0 aliphatic heterocycles. The van der Waals surface area contributed by atoms with Crippen LogP contribution in [0.4, 0.5) is 14.8 Å². The van der Waals surface area contributed by atoms with Crippen molar-refractivity contribution in [2.24, 2.45) is 0 Å². The first kappa shape index (κ1) is 18.3. The number of hydrogen-bond donors (Lipinski definition) is 1. The highest BCUT2D eigenvalue weighted by atomic mass is 19.1. The van der Waals surface area contributed by atoms with Crippen LogP contribution in [-0.4, -0.2) is 16.1 Å². The Balaban J connectivity index is 1.44. The second-order valence-corrected chi connectivity index (χ2v) is 5.93. The van der Waals surface area contributed by atoms with E-state index >= 15 is 0 Å². The molecule has 1 amide bonds. The zero-order valence-corrected chi connectivity index (χ0v) is 14.8. The van der Waals surface area contributed by atoms with Crippen LogP contribution in [0, 0.1) is 11.6 Å². The van der Waals surface area contributed by atoms with Gasteiger partial charge in [-0.15, -0.1) is 5.10 Å². The maximum absolute atomic E-state index is 13.8. The summed E-state index contributed by atoms with van der Waals surface area (Å²) >= 11 is 0. The second kappa shape index (κ2) is 7.89. The number of anilines is 1. The lowest BCUT2D eigenvalue weighted by atomic mass is 10.2. The second-order valence-electron chi connectivity index (χ2n) is 5.93.